The number of rotatable bonds is 70. The van der Waals surface area contributed by atoms with Gasteiger partial charge in [-0.25, -0.2) is 9.13 Å². The van der Waals surface area contributed by atoms with Crippen molar-refractivity contribution in [2.24, 2.45) is 11.8 Å². The topological polar surface area (TPSA) is 237 Å². The van der Waals surface area contributed by atoms with Gasteiger partial charge in [-0.1, -0.05) is 311 Å². The average molecular weight is 1330 g/mol. The number of unbranched alkanes of at least 4 members (excludes halogenated alkanes) is 40. The molecule has 90 heavy (non-hydrogen) atoms. The van der Waals surface area contributed by atoms with E-state index in [1.54, 1.807) is 0 Å². The number of aliphatic hydroxyl groups excluding tert-OH is 1. The van der Waals surface area contributed by atoms with Crippen LogP contribution in [0.15, 0.2) is 0 Å². The highest BCUT2D eigenvalue weighted by Crippen LogP contribution is 2.45. The van der Waals surface area contributed by atoms with E-state index in [1.807, 2.05) is 0 Å². The lowest BCUT2D eigenvalue weighted by Gasteiger charge is -2.21. The van der Waals surface area contributed by atoms with E-state index >= 15 is 0 Å². The van der Waals surface area contributed by atoms with Gasteiger partial charge >= 0.3 is 39.5 Å². The SMILES string of the molecule is CCCCCCCCCCCCCCCC(=O)OC[C@H](COP(=O)(O)OC[C@@H](O)COP(=O)(O)OC[C@@H](COC(=O)CCCCCCCCCCCCC)OC(=O)CCCCCCCCCCC(C)C)OC(=O)CCCCCCCCCCCCCCC(C)C. The average Bonchev–Trinajstić information content (AvgIpc) is 2.82. The van der Waals surface area contributed by atoms with Crippen LogP contribution < -0.4 is 0 Å². The molecular formula is C71H138O17P2. The molecule has 17 nitrogen and oxygen atoms in total. The number of hydrogen-bond acceptors (Lipinski definition) is 15. The van der Waals surface area contributed by atoms with Crippen LogP contribution in [0.3, 0.4) is 0 Å². The molecule has 0 aromatic rings. The zero-order chi connectivity index (χ0) is 66.5. The molecule has 19 heteroatoms. The molecule has 0 fully saturated rings. The third kappa shape index (κ3) is 64.8. The lowest BCUT2D eigenvalue weighted by atomic mass is 10.0. The summed E-state index contributed by atoms with van der Waals surface area (Å²) in [7, 11) is -9.90. The number of aliphatic hydroxyl groups is 1. The summed E-state index contributed by atoms with van der Waals surface area (Å²) in [5, 5.41) is 10.6. The Morgan fingerprint density at radius 1 is 0.300 bits per heavy atom. The summed E-state index contributed by atoms with van der Waals surface area (Å²) in [6, 6.07) is 0. The van der Waals surface area contributed by atoms with Crippen LogP contribution in [0.5, 0.6) is 0 Å². The van der Waals surface area contributed by atoms with E-state index in [1.165, 1.54) is 180 Å². The highest BCUT2D eigenvalue weighted by atomic mass is 31.2. The molecule has 0 aromatic carbocycles. The molecule has 3 N–H and O–H groups in total. The summed E-state index contributed by atoms with van der Waals surface area (Å²) in [5.74, 6) is -0.627. The number of phosphoric acid groups is 2. The molecule has 0 aromatic heterocycles. The van der Waals surface area contributed by atoms with Crippen molar-refractivity contribution in [3.05, 3.63) is 0 Å². The maximum absolute atomic E-state index is 13.0. The summed E-state index contributed by atoms with van der Waals surface area (Å²) < 4.78 is 68.3. The number of esters is 4. The van der Waals surface area contributed by atoms with Gasteiger partial charge in [0.05, 0.1) is 26.4 Å². The van der Waals surface area contributed by atoms with E-state index in [0.717, 1.165) is 102 Å². The van der Waals surface area contributed by atoms with Crippen LogP contribution in [0.4, 0.5) is 0 Å². The molecule has 0 saturated carbocycles. The third-order valence-corrected chi connectivity index (χ3v) is 18.4. The first-order valence-electron chi connectivity index (χ1n) is 37.0. The van der Waals surface area contributed by atoms with Gasteiger partial charge in [-0.05, 0) is 37.5 Å². The second kappa shape index (κ2) is 63.1. The van der Waals surface area contributed by atoms with Crippen LogP contribution >= 0.6 is 15.6 Å². The Hall–Kier alpha value is -1.94. The standard InChI is InChI=1S/C71H138O17P2/c1-7-9-11-13-15-17-19-20-25-29-36-42-48-54-69(74)82-59-66(87-70(75)55-49-43-37-30-26-22-21-24-27-33-39-45-51-63(3)4)61-85-89(77,78)83-57-65(72)58-84-90(79,80)86-62-67(88-71(76)56-50-44-38-32-31-34-40-46-52-64(5)6)60-81-68(73)53-47-41-35-28-23-18-16-14-12-10-8-2/h63-67,72H,7-62H2,1-6H3,(H,77,78)(H,79,80)/t65-,66-,67-/m1/s1. The molecule has 0 spiro atoms. The maximum atomic E-state index is 13.0. The normalized spacial score (nSPS) is 14.1. The van der Waals surface area contributed by atoms with Gasteiger partial charge in [0, 0.05) is 25.7 Å². The predicted molar refractivity (Wildman–Crippen MR) is 363 cm³/mol. The van der Waals surface area contributed by atoms with Gasteiger partial charge in [0.1, 0.15) is 19.3 Å². The van der Waals surface area contributed by atoms with Crippen molar-refractivity contribution in [2.75, 3.05) is 39.6 Å². The van der Waals surface area contributed by atoms with E-state index in [-0.39, 0.29) is 25.7 Å². The fourth-order valence-corrected chi connectivity index (χ4v) is 12.3. The molecule has 0 bridgehead atoms. The smallest absolute Gasteiger partial charge is 0.462 e. The molecule has 0 rings (SSSR count). The summed E-state index contributed by atoms with van der Waals surface area (Å²) in [5.41, 5.74) is 0. The Morgan fingerprint density at radius 2 is 0.511 bits per heavy atom. The zero-order valence-corrected chi connectivity index (χ0v) is 60.2. The molecule has 5 atom stereocenters. The number of ether oxygens (including phenoxy) is 4. The fraction of sp³-hybridized carbons (Fsp3) is 0.944. The van der Waals surface area contributed by atoms with E-state index in [9.17, 15) is 43.2 Å². The molecule has 0 amide bonds. The molecule has 0 heterocycles. The Morgan fingerprint density at radius 3 is 0.756 bits per heavy atom. The van der Waals surface area contributed by atoms with Gasteiger partial charge in [-0.2, -0.15) is 0 Å². The Bertz CT molecular complexity index is 1750. The van der Waals surface area contributed by atoms with Crippen molar-refractivity contribution in [3.63, 3.8) is 0 Å². The van der Waals surface area contributed by atoms with Crippen LogP contribution in [0.1, 0.15) is 363 Å². The van der Waals surface area contributed by atoms with Gasteiger partial charge in [-0.15, -0.1) is 0 Å². The van der Waals surface area contributed by atoms with Crippen LogP contribution in [0, 0.1) is 11.8 Å². The first-order valence-corrected chi connectivity index (χ1v) is 40.0. The second-order valence-electron chi connectivity index (χ2n) is 26.6. The molecule has 0 aliphatic carbocycles. The van der Waals surface area contributed by atoms with Crippen LogP contribution in [-0.2, 0) is 65.4 Å². The van der Waals surface area contributed by atoms with Gasteiger partial charge in [0.2, 0.25) is 0 Å². The molecule has 0 aliphatic rings. The lowest BCUT2D eigenvalue weighted by Crippen LogP contribution is -2.30. The van der Waals surface area contributed by atoms with E-state index < -0.39 is 97.5 Å². The van der Waals surface area contributed by atoms with Gasteiger partial charge in [0.25, 0.3) is 0 Å². The fourth-order valence-electron chi connectivity index (χ4n) is 10.8. The number of hydrogen-bond donors (Lipinski definition) is 3. The van der Waals surface area contributed by atoms with Crippen molar-refractivity contribution >= 4 is 39.5 Å². The van der Waals surface area contributed by atoms with E-state index in [2.05, 4.69) is 41.5 Å². The summed E-state index contributed by atoms with van der Waals surface area (Å²) in [4.78, 5) is 72.6. The minimum absolute atomic E-state index is 0.105. The van der Waals surface area contributed by atoms with Crippen LogP contribution in [-0.4, -0.2) is 96.7 Å². The first-order chi connectivity index (χ1) is 43.4. The number of carbonyl (C=O) groups is 4. The first kappa shape index (κ1) is 88.1. The van der Waals surface area contributed by atoms with Crippen molar-refractivity contribution < 1.29 is 80.2 Å². The van der Waals surface area contributed by atoms with Crippen molar-refractivity contribution in [3.8, 4) is 0 Å². The van der Waals surface area contributed by atoms with Gasteiger partial charge < -0.3 is 33.8 Å². The highest BCUT2D eigenvalue weighted by molar-refractivity contribution is 7.47. The minimum atomic E-state index is -4.95. The lowest BCUT2D eigenvalue weighted by molar-refractivity contribution is -0.161. The van der Waals surface area contributed by atoms with Crippen LogP contribution in [0.25, 0.3) is 0 Å². The number of carbonyl (C=O) groups excluding carboxylic acids is 4. The summed E-state index contributed by atoms with van der Waals surface area (Å²) in [6.07, 6.45) is 48.5. The van der Waals surface area contributed by atoms with Crippen LogP contribution in [0.2, 0.25) is 0 Å². The minimum Gasteiger partial charge on any atom is -0.462 e. The Balaban J connectivity index is 5.25. The third-order valence-electron chi connectivity index (χ3n) is 16.5. The highest BCUT2D eigenvalue weighted by Gasteiger charge is 2.30. The summed E-state index contributed by atoms with van der Waals surface area (Å²) >= 11 is 0. The Kier molecular flexibility index (Phi) is 61.8. The molecule has 534 valence electrons. The quantitative estimate of drug-likeness (QED) is 0.0222. The van der Waals surface area contributed by atoms with E-state index in [0.29, 0.717) is 25.7 Å². The summed E-state index contributed by atoms with van der Waals surface area (Å²) in [6.45, 7) is 9.53. The van der Waals surface area contributed by atoms with Gasteiger partial charge in [0.15, 0.2) is 12.2 Å². The second-order valence-corrected chi connectivity index (χ2v) is 29.5. The molecule has 0 saturated heterocycles. The zero-order valence-electron chi connectivity index (χ0n) is 58.4. The maximum Gasteiger partial charge on any atom is 0.472 e. The van der Waals surface area contributed by atoms with Crippen molar-refractivity contribution in [1.82, 2.24) is 0 Å². The van der Waals surface area contributed by atoms with Crippen molar-refractivity contribution in [2.45, 2.75) is 381 Å². The largest absolute Gasteiger partial charge is 0.472 e. The molecule has 2 unspecified atom stereocenters. The monoisotopic (exact) mass is 1320 g/mol. The number of phosphoric ester groups is 2. The van der Waals surface area contributed by atoms with Gasteiger partial charge in [-0.3, -0.25) is 37.3 Å². The predicted octanol–water partition coefficient (Wildman–Crippen LogP) is 20.4. The molecule has 0 aliphatic heterocycles. The van der Waals surface area contributed by atoms with Crippen molar-refractivity contribution in [1.29, 1.82) is 0 Å². The molecular weight excluding hydrogens is 1190 g/mol. The van der Waals surface area contributed by atoms with E-state index in [4.69, 9.17) is 37.0 Å². The molecule has 0 radical (unpaired) electrons. The Labute approximate surface area is 549 Å².